The molecule has 0 bridgehead atoms. The average Bonchev–Trinajstić information content (AvgIpc) is 3.11. The lowest BCUT2D eigenvalue weighted by atomic mass is 9.96. The Morgan fingerprint density at radius 3 is 2.83 bits per heavy atom. The maximum absolute atomic E-state index is 12.1. The van der Waals surface area contributed by atoms with Crippen LogP contribution in [0.4, 0.5) is 0 Å². The fourth-order valence-electron chi connectivity index (χ4n) is 4.03. The molecule has 1 N–H and O–H groups in total. The van der Waals surface area contributed by atoms with Crippen LogP contribution in [0, 0.1) is 19.8 Å². The number of piperidine rings is 1. The number of hydrogen-bond acceptors (Lipinski definition) is 5. The van der Waals surface area contributed by atoms with Gasteiger partial charge in [-0.2, -0.15) is 5.10 Å². The fraction of sp³-hybridized carbons (Fsp3) is 0.455. The van der Waals surface area contributed by atoms with E-state index in [9.17, 15) is 4.79 Å². The number of rotatable bonds is 6. The van der Waals surface area contributed by atoms with Gasteiger partial charge in [0.25, 0.3) is 0 Å². The van der Waals surface area contributed by atoms with E-state index in [1.807, 2.05) is 29.8 Å². The molecule has 7 heteroatoms. The van der Waals surface area contributed by atoms with Crippen LogP contribution in [0.2, 0.25) is 0 Å². The van der Waals surface area contributed by atoms with Crippen LogP contribution in [0.25, 0.3) is 5.65 Å². The van der Waals surface area contributed by atoms with Crippen LogP contribution < -0.4 is 5.32 Å². The van der Waals surface area contributed by atoms with E-state index in [2.05, 4.69) is 38.3 Å². The number of pyridine rings is 1. The van der Waals surface area contributed by atoms with Crippen molar-refractivity contribution >= 4 is 11.6 Å². The summed E-state index contributed by atoms with van der Waals surface area (Å²) in [5.74, 6) is 0.610. The minimum absolute atomic E-state index is 0.0728. The number of aryl methyl sites for hydroxylation is 2. The van der Waals surface area contributed by atoms with E-state index in [0.29, 0.717) is 12.3 Å². The van der Waals surface area contributed by atoms with Crippen molar-refractivity contribution in [3.63, 3.8) is 0 Å². The Morgan fingerprint density at radius 1 is 1.24 bits per heavy atom. The van der Waals surface area contributed by atoms with Crippen molar-refractivity contribution in [1.29, 1.82) is 0 Å². The van der Waals surface area contributed by atoms with Gasteiger partial charge < -0.3 is 5.32 Å². The van der Waals surface area contributed by atoms with Gasteiger partial charge >= 0.3 is 0 Å². The van der Waals surface area contributed by atoms with E-state index in [1.54, 1.807) is 12.4 Å². The Morgan fingerprint density at radius 2 is 2.07 bits per heavy atom. The third kappa shape index (κ3) is 4.79. The van der Waals surface area contributed by atoms with Crippen molar-refractivity contribution in [2.24, 2.45) is 5.92 Å². The maximum atomic E-state index is 12.1. The highest BCUT2D eigenvalue weighted by Gasteiger charge is 2.21. The summed E-state index contributed by atoms with van der Waals surface area (Å²) in [6, 6.07) is 5.85. The van der Waals surface area contributed by atoms with Crippen LogP contribution in [-0.2, 0) is 17.8 Å². The molecule has 152 valence electrons. The zero-order valence-electron chi connectivity index (χ0n) is 17.1. The lowest BCUT2D eigenvalue weighted by Crippen LogP contribution is -2.38. The van der Waals surface area contributed by atoms with Gasteiger partial charge in [-0.3, -0.25) is 14.7 Å². The molecular weight excluding hydrogens is 364 g/mol. The first-order valence-electron chi connectivity index (χ1n) is 10.3. The van der Waals surface area contributed by atoms with Crippen LogP contribution >= 0.6 is 0 Å². The summed E-state index contributed by atoms with van der Waals surface area (Å²) < 4.78 is 1.92. The van der Waals surface area contributed by atoms with Crippen molar-refractivity contribution in [1.82, 2.24) is 29.8 Å². The predicted molar refractivity (Wildman–Crippen MR) is 111 cm³/mol. The average molecular weight is 393 g/mol. The summed E-state index contributed by atoms with van der Waals surface area (Å²) in [7, 11) is 0. The Bertz CT molecular complexity index is 976. The quantitative estimate of drug-likeness (QED) is 0.697. The first-order chi connectivity index (χ1) is 14.1. The van der Waals surface area contributed by atoms with Crippen LogP contribution in [0.15, 0.2) is 36.8 Å². The highest BCUT2D eigenvalue weighted by atomic mass is 16.1. The molecule has 1 aliphatic heterocycles. The van der Waals surface area contributed by atoms with Gasteiger partial charge in [-0.1, -0.05) is 6.07 Å². The number of amides is 1. The molecule has 3 aromatic rings. The van der Waals surface area contributed by atoms with Gasteiger partial charge in [0.05, 0.1) is 12.6 Å². The van der Waals surface area contributed by atoms with E-state index in [4.69, 9.17) is 0 Å². The second kappa shape index (κ2) is 8.69. The lowest BCUT2D eigenvalue weighted by molar-refractivity contribution is -0.120. The largest absolute Gasteiger partial charge is 0.356 e. The van der Waals surface area contributed by atoms with Crippen LogP contribution in [0.5, 0.6) is 0 Å². The smallest absolute Gasteiger partial charge is 0.224 e. The summed E-state index contributed by atoms with van der Waals surface area (Å²) >= 11 is 0. The number of nitrogens with one attached hydrogen (secondary N) is 1. The van der Waals surface area contributed by atoms with Crippen LogP contribution in [0.1, 0.15) is 35.4 Å². The topological polar surface area (TPSA) is 75.4 Å². The Balaban J connectivity index is 1.25. The zero-order chi connectivity index (χ0) is 20.2. The summed E-state index contributed by atoms with van der Waals surface area (Å²) in [4.78, 5) is 23.3. The molecular formula is C22H28N6O. The molecule has 4 rings (SSSR count). The molecule has 4 heterocycles. The molecule has 0 aliphatic carbocycles. The van der Waals surface area contributed by atoms with Gasteiger partial charge in [0.2, 0.25) is 5.91 Å². The lowest BCUT2D eigenvalue weighted by Gasteiger charge is -2.31. The SMILES string of the molecule is Cc1cc(C)n2ncc(CN3CCC(CNC(=O)Cc4cccnc4)CC3)c2n1. The van der Waals surface area contributed by atoms with Crippen LogP contribution in [0.3, 0.4) is 0 Å². The van der Waals surface area contributed by atoms with Gasteiger partial charge in [-0.15, -0.1) is 0 Å². The Hall–Kier alpha value is -2.80. The molecule has 7 nitrogen and oxygen atoms in total. The molecule has 0 atom stereocenters. The van der Waals surface area contributed by atoms with Crippen molar-refractivity contribution < 1.29 is 4.79 Å². The monoisotopic (exact) mass is 392 g/mol. The fourth-order valence-corrected chi connectivity index (χ4v) is 4.03. The summed E-state index contributed by atoms with van der Waals surface area (Å²) in [6.45, 7) is 7.78. The molecule has 0 unspecified atom stereocenters. The molecule has 1 aliphatic rings. The molecule has 0 aromatic carbocycles. The first kappa shape index (κ1) is 19.5. The van der Waals surface area contributed by atoms with Gasteiger partial charge in [0, 0.05) is 42.4 Å². The zero-order valence-corrected chi connectivity index (χ0v) is 17.1. The molecule has 1 amide bonds. The summed E-state index contributed by atoms with van der Waals surface area (Å²) in [5, 5.41) is 7.59. The number of likely N-dealkylation sites (tertiary alicyclic amines) is 1. The van der Waals surface area contributed by atoms with E-state index < -0.39 is 0 Å². The number of aromatic nitrogens is 4. The summed E-state index contributed by atoms with van der Waals surface area (Å²) in [5.41, 5.74) is 5.23. The normalized spacial score (nSPS) is 15.7. The molecule has 0 spiro atoms. The molecule has 29 heavy (non-hydrogen) atoms. The van der Waals surface area contributed by atoms with Crippen LogP contribution in [-0.4, -0.2) is 50.0 Å². The highest BCUT2D eigenvalue weighted by Crippen LogP contribution is 2.20. The third-order valence-electron chi connectivity index (χ3n) is 5.63. The number of nitrogens with zero attached hydrogens (tertiary/aromatic N) is 5. The van der Waals surface area contributed by atoms with Crippen molar-refractivity contribution in [3.8, 4) is 0 Å². The minimum atomic E-state index is 0.0728. The molecule has 1 fully saturated rings. The second-order valence-electron chi connectivity index (χ2n) is 8.01. The first-order valence-corrected chi connectivity index (χ1v) is 10.3. The highest BCUT2D eigenvalue weighted by molar-refractivity contribution is 5.78. The van der Waals surface area contributed by atoms with Gasteiger partial charge in [-0.05, 0) is 63.4 Å². The maximum Gasteiger partial charge on any atom is 0.224 e. The number of hydrogen-bond donors (Lipinski definition) is 1. The number of carbonyl (C=O) groups is 1. The van der Waals surface area contributed by atoms with Gasteiger partial charge in [0.1, 0.15) is 0 Å². The van der Waals surface area contributed by atoms with E-state index in [0.717, 1.165) is 61.6 Å². The van der Waals surface area contributed by atoms with E-state index in [1.165, 1.54) is 5.56 Å². The predicted octanol–water partition coefficient (Wildman–Crippen LogP) is 2.31. The van der Waals surface area contributed by atoms with E-state index in [-0.39, 0.29) is 5.91 Å². The van der Waals surface area contributed by atoms with Crippen molar-refractivity contribution in [2.45, 2.75) is 39.7 Å². The van der Waals surface area contributed by atoms with Crippen molar-refractivity contribution in [2.75, 3.05) is 19.6 Å². The van der Waals surface area contributed by atoms with E-state index >= 15 is 0 Å². The molecule has 0 saturated carbocycles. The molecule has 0 radical (unpaired) electrons. The molecule has 3 aromatic heterocycles. The second-order valence-corrected chi connectivity index (χ2v) is 8.01. The Labute approximate surface area is 171 Å². The summed E-state index contributed by atoms with van der Waals surface area (Å²) in [6.07, 6.45) is 8.00. The molecule has 1 saturated heterocycles. The van der Waals surface area contributed by atoms with Gasteiger partial charge in [-0.25, -0.2) is 9.50 Å². The van der Waals surface area contributed by atoms with Gasteiger partial charge in [0.15, 0.2) is 5.65 Å². The van der Waals surface area contributed by atoms with Crippen molar-refractivity contribution in [3.05, 3.63) is 59.3 Å². The minimum Gasteiger partial charge on any atom is -0.356 e. The number of fused-ring (bicyclic) bond motifs is 1. The Kier molecular flexibility index (Phi) is 5.85. The standard InChI is InChI=1S/C22H28N6O/c1-16-10-17(2)28-22(26-16)20(14-25-28)15-27-8-5-18(6-9-27)13-24-21(29)11-19-4-3-7-23-12-19/h3-4,7,10,12,14,18H,5-6,8-9,11,13,15H2,1-2H3,(H,24,29). The number of carbonyl (C=O) groups excluding carboxylic acids is 1. The third-order valence-corrected chi connectivity index (χ3v) is 5.63.